The van der Waals surface area contributed by atoms with Gasteiger partial charge in [0.05, 0.1) is 19.1 Å². The third-order valence-corrected chi connectivity index (χ3v) is 8.11. The smallest absolute Gasteiger partial charge is 0.243 e. The van der Waals surface area contributed by atoms with Gasteiger partial charge in [-0.25, -0.2) is 8.42 Å². The molecule has 2 aliphatic heterocycles. The van der Waals surface area contributed by atoms with Crippen molar-refractivity contribution in [1.82, 2.24) is 15.2 Å². The number of hydrogen-bond acceptors (Lipinski definition) is 6. The van der Waals surface area contributed by atoms with E-state index in [2.05, 4.69) is 23.0 Å². The van der Waals surface area contributed by atoms with Crippen LogP contribution < -0.4 is 20.3 Å². The molecule has 2 heterocycles. The normalized spacial score (nSPS) is 23.4. The molecule has 0 radical (unpaired) electrons. The zero-order valence-corrected chi connectivity index (χ0v) is 18.2. The van der Waals surface area contributed by atoms with Crippen molar-refractivity contribution in [2.45, 2.75) is 36.2 Å². The van der Waals surface area contributed by atoms with Gasteiger partial charge in [-0.1, -0.05) is 12.1 Å². The minimum Gasteiger partial charge on any atom is -0.497 e. The summed E-state index contributed by atoms with van der Waals surface area (Å²) in [6, 6.07) is 15.3. The number of nitrogens with one attached hydrogen (secondary N) is 2. The Morgan fingerprint density at radius 1 is 0.933 bits per heavy atom. The fraction of sp³-hybridized carbons (Fsp3) is 0.455. The lowest BCUT2D eigenvalue weighted by molar-refractivity contribution is 0.230. The molecular weight excluding hydrogens is 402 g/mol. The third-order valence-electron chi connectivity index (χ3n) is 6.19. The second-order valence-electron chi connectivity index (χ2n) is 7.88. The van der Waals surface area contributed by atoms with E-state index in [0.29, 0.717) is 35.7 Å². The molecule has 0 spiro atoms. The number of ether oxygens (including phenoxy) is 2. The fourth-order valence-corrected chi connectivity index (χ4v) is 5.85. The number of nitrogens with zero attached hydrogens (tertiary/aromatic N) is 1. The summed E-state index contributed by atoms with van der Waals surface area (Å²) in [5, 5.41) is 0. The van der Waals surface area contributed by atoms with Crippen molar-refractivity contribution in [2.24, 2.45) is 5.92 Å². The van der Waals surface area contributed by atoms with E-state index in [9.17, 15) is 8.42 Å². The van der Waals surface area contributed by atoms with Crippen molar-refractivity contribution in [2.75, 3.05) is 27.3 Å². The van der Waals surface area contributed by atoms with E-state index in [-0.39, 0.29) is 6.04 Å². The molecule has 0 amide bonds. The average molecular weight is 432 g/mol. The van der Waals surface area contributed by atoms with Gasteiger partial charge in [-0.15, -0.1) is 0 Å². The van der Waals surface area contributed by atoms with E-state index >= 15 is 0 Å². The highest BCUT2D eigenvalue weighted by Crippen LogP contribution is 2.33. The van der Waals surface area contributed by atoms with Crippen molar-refractivity contribution in [3.63, 3.8) is 0 Å². The van der Waals surface area contributed by atoms with Crippen LogP contribution in [0.5, 0.6) is 11.5 Å². The van der Waals surface area contributed by atoms with Gasteiger partial charge < -0.3 is 9.47 Å². The Kier molecular flexibility index (Phi) is 6.29. The molecule has 2 fully saturated rings. The van der Waals surface area contributed by atoms with Crippen LogP contribution in [0.15, 0.2) is 53.4 Å². The lowest BCUT2D eigenvalue weighted by Crippen LogP contribution is -2.44. The summed E-state index contributed by atoms with van der Waals surface area (Å²) in [7, 11) is -0.222. The van der Waals surface area contributed by atoms with Crippen LogP contribution in [-0.2, 0) is 10.0 Å². The maximum Gasteiger partial charge on any atom is 0.243 e. The van der Waals surface area contributed by atoms with Gasteiger partial charge in [-0.05, 0) is 67.1 Å². The Morgan fingerprint density at radius 3 is 2.30 bits per heavy atom. The predicted molar refractivity (Wildman–Crippen MR) is 115 cm³/mol. The monoisotopic (exact) mass is 431 g/mol. The van der Waals surface area contributed by atoms with Crippen LogP contribution in [0.1, 0.15) is 30.9 Å². The summed E-state index contributed by atoms with van der Waals surface area (Å²) in [6.45, 7) is 1.09. The highest BCUT2D eigenvalue weighted by molar-refractivity contribution is 7.89. The first-order valence-electron chi connectivity index (χ1n) is 10.3. The molecule has 2 aliphatic rings. The van der Waals surface area contributed by atoms with Crippen molar-refractivity contribution >= 4 is 10.0 Å². The zero-order chi connectivity index (χ0) is 21.1. The molecule has 162 valence electrons. The van der Waals surface area contributed by atoms with Gasteiger partial charge in [0.25, 0.3) is 0 Å². The SMILES string of the molecule is COc1ccc(S(=O)(=O)N2CCC(C3CC(c4cccc(OC)c4)NN3)CC2)cc1. The second-order valence-corrected chi connectivity index (χ2v) is 9.82. The summed E-state index contributed by atoms with van der Waals surface area (Å²) in [5.74, 6) is 1.95. The fourth-order valence-electron chi connectivity index (χ4n) is 4.38. The van der Waals surface area contributed by atoms with Gasteiger partial charge in [-0.3, -0.25) is 10.9 Å². The first kappa shape index (κ1) is 21.1. The average Bonchev–Trinajstić information content (AvgIpc) is 3.29. The number of benzene rings is 2. The zero-order valence-electron chi connectivity index (χ0n) is 17.4. The van der Waals surface area contributed by atoms with Crippen LogP contribution in [0.25, 0.3) is 0 Å². The van der Waals surface area contributed by atoms with E-state index in [0.717, 1.165) is 25.0 Å². The summed E-state index contributed by atoms with van der Waals surface area (Å²) in [4.78, 5) is 0.320. The first-order chi connectivity index (χ1) is 14.5. The van der Waals surface area contributed by atoms with Gasteiger partial charge in [0.2, 0.25) is 10.0 Å². The van der Waals surface area contributed by atoms with Crippen molar-refractivity contribution in [3.05, 3.63) is 54.1 Å². The molecule has 0 bridgehead atoms. The molecule has 2 atom stereocenters. The van der Waals surface area contributed by atoms with E-state index in [1.54, 1.807) is 42.8 Å². The molecule has 2 unspecified atom stereocenters. The Hall–Kier alpha value is -2.13. The first-order valence-corrected chi connectivity index (χ1v) is 11.7. The molecule has 0 aliphatic carbocycles. The Bertz CT molecular complexity index is 957. The Morgan fingerprint density at radius 2 is 1.63 bits per heavy atom. The van der Waals surface area contributed by atoms with E-state index in [1.807, 2.05) is 12.1 Å². The highest BCUT2D eigenvalue weighted by atomic mass is 32.2. The standard InChI is InChI=1S/C22H29N3O4S/c1-28-18-6-8-20(9-7-18)30(26,27)25-12-10-16(11-13-25)21-15-22(24-23-21)17-4-3-5-19(14-17)29-2/h3-9,14,16,21-24H,10-13,15H2,1-2H3. The third kappa shape index (κ3) is 4.32. The molecule has 7 nitrogen and oxygen atoms in total. The molecule has 2 aromatic rings. The summed E-state index contributed by atoms with van der Waals surface area (Å²) < 4.78 is 38.0. The number of sulfonamides is 1. The molecule has 2 saturated heterocycles. The maximum absolute atomic E-state index is 13.0. The molecule has 2 N–H and O–H groups in total. The van der Waals surface area contributed by atoms with Gasteiger partial charge >= 0.3 is 0 Å². The van der Waals surface area contributed by atoms with Crippen molar-refractivity contribution < 1.29 is 17.9 Å². The Balaban J connectivity index is 1.35. The number of hydrogen-bond donors (Lipinski definition) is 2. The number of piperidine rings is 1. The molecule has 0 aromatic heterocycles. The van der Waals surface area contributed by atoms with Crippen LogP contribution in [0.4, 0.5) is 0 Å². The van der Waals surface area contributed by atoms with Crippen LogP contribution in [-0.4, -0.2) is 46.1 Å². The number of hydrazine groups is 1. The van der Waals surface area contributed by atoms with Crippen LogP contribution in [0.2, 0.25) is 0 Å². The minimum atomic E-state index is -3.47. The second kappa shape index (κ2) is 8.93. The van der Waals surface area contributed by atoms with E-state index < -0.39 is 10.0 Å². The van der Waals surface area contributed by atoms with Crippen LogP contribution in [0.3, 0.4) is 0 Å². The van der Waals surface area contributed by atoms with Crippen LogP contribution in [0, 0.1) is 5.92 Å². The van der Waals surface area contributed by atoms with E-state index in [4.69, 9.17) is 9.47 Å². The maximum atomic E-state index is 13.0. The molecule has 4 rings (SSSR count). The van der Waals surface area contributed by atoms with Crippen molar-refractivity contribution in [1.29, 1.82) is 0 Å². The Labute approximate surface area is 178 Å². The summed E-state index contributed by atoms with van der Waals surface area (Å²) in [5.41, 5.74) is 8.04. The predicted octanol–water partition coefficient (Wildman–Crippen LogP) is 2.71. The molecule has 8 heteroatoms. The minimum absolute atomic E-state index is 0.228. The van der Waals surface area contributed by atoms with Crippen LogP contribution >= 0.6 is 0 Å². The molecular formula is C22H29N3O4S. The quantitative estimate of drug-likeness (QED) is 0.732. The van der Waals surface area contributed by atoms with Gasteiger partial charge in [-0.2, -0.15) is 4.31 Å². The van der Waals surface area contributed by atoms with Crippen molar-refractivity contribution in [3.8, 4) is 11.5 Å². The molecule has 30 heavy (non-hydrogen) atoms. The highest BCUT2D eigenvalue weighted by Gasteiger charge is 2.36. The topological polar surface area (TPSA) is 79.9 Å². The lowest BCUT2D eigenvalue weighted by Gasteiger charge is -2.34. The largest absolute Gasteiger partial charge is 0.497 e. The van der Waals surface area contributed by atoms with Gasteiger partial charge in [0.1, 0.15) is 11.5 Å². The summed E-state index contributed by atoms with van der Waals surface area (Å²) >= 11 is 0. The van der Waals surface area contributed by atoms with E-state index in [1.165, 1.54) is 5.56 Å². The van der Waals surface area contributed by atoms with Gasteiger partial charge in [0.15, 0.2) is 0 Å². The van der Waals surface area contributed by atoms with Gasteiger partial charge in [0, 0.05) is 25.2 Å². The molecule has 0 saturated carbocycles. The number of rotatable bonds is 6. The lowest BCUT2D eigenvalue weighted by atomic mass is 9.87. The molecule has 2 aromatic carbocycles. The number of methoxy groups -OCH3 is 2. The summed E-state index contributed by atoms with van der Waals surface area (Å²) in [6.07, 6.45) is 2.67.